The molecule has 0 aliphatic heterocycles. The van der Waals surface area contributed by atoms with Gasteiger partial charge in [0, 0.05) is 25.0 Å². The monoisotopic (exact) mass is 275 g/mol. The van der Waals surface area contributed by atoms with E-state index in [0.717, 1.165) is 23.8 Å². The topological polar surface area (TPSA) is 29.9 Å². The molecule has 1 aromatic rings. The minimum Gasteiger partial charge on any atom is -0.314 e. The summed E-state index contributed by atoms with van der Waals surface area (Å²) in [4.78, 5) is 0. The summed E-state index contributed by atoms with van der Waals surface area (Å²) in [5.74, 6) is 2.73. The molecule has 2 saturated carbocycles. The smallest absolute Gasteiger partial charge is 0.0492 e. The van der Waals surface area contributed by atoms with Crippen LogP contribution in [0.15, 0.2) is 12.3 Å². The summed E-state index contributed by atoms with van der Waals surface area (Å²) in [5, 5.41) is 8.04. The van der Waals surface area contributed by atoms with Gasteiger partial charge in [-0.2, -0.15) is 5.10 Å². The molecule has 3 unspecified atom stereocenters. The van der Waals surface area contributed by atoms with Gasteiger partial charge in [0.2, 0.25) is 0 Å². The van der Waals surface area contributed by atoms with Crippen LogP contribution in [0.3, 0.4) is 0 Å². The van der Waals surface area contributed by atoms with Crippen molar-refractivity contribution in [3.05, 3.63) is 18.0 Å². The molecule has 0 aromatic carbocycles. The third-order valence-electron chi connectivity index (χ3n) is 5.34. The van der Waals surface area contributed by atoms with Gasteiger partial charge in [-0.05, 0) is 68.9 Å². The Kier molecular flexibility index (Phi) is 4.45. The maximum Gasteiger partial charge on any atom is 0.0492 e. The average molecular weight is 275 g/mol. The molecular weight excluding hydrogens is 246 g/mol. The third kappa shape index (κ3) is 3.63. The van der Waals surface area contributed by atoms with Gasteiger partial charge in [-0.25, -0.2) is 0 Å². The molecule has 3 atom stereocenters. The van der Waals surface area contributed by atoms with Gasteiger partial charge >= 0.3 is 0 Å². The maximum atomic E-state index is 4.29. The van der Waals surface area contributed by atoms with Crippen molar-refractivity contribution in [3.8, 4) is 0 Å². The molecule has 0 spiro atoms. The Bertz CT molecular complexity index is 422. The van der Waals surface area contributed by atoms with Crippen LogP contribution in [-0.4, -0.2) is 22.4 Å². The second-order valence-electron chi connectivity index (χ2n) is 7.11. The highest BCUT2D eigenvalue weighted by atomic mass is 15.2. The lowest BCUT2D eigenvalue weighted by atomic mass is 9.72. The van der Waals surface area contributed by atoms with Crippen molar-refractivity contribution in [3.63, 3.8) is 0 Å². The summed E-state index contributed by atoms with van der Waals surface area (Å²) < 4.78 is 2.03. The fraction of sp³-hybridized carbons (Fsp3) is 0.824. The predicted octanol–water partition coefficient (Wildman–Crippen LogP) is 3.16. The molecule has 0 radical (unpaired) electrons. The molecule has 1 aromatic heterocycles. The summed E-state index contributed by atoms with van der Waals surface area (Å²) in [5.41, 5.74) is 1.39. The summed E-state index contributed by atoms with van der Waals surface area (Å²) >= 11 is 0. The molecule has 3 rings (SSSR count). The fourth-order valence-corrected chi connectivity index (χ4v) is 3.77. The summed E-state index contributed by atoms with van der Waals surface area (Å²) in [6.45, 7) is 3.69. The Morgan fingerprint density at radius 2 is 2.10 bits per heavy atom. The first-order valence-corrected chi connectivity index (χ1v) is 8.42. The highest BCUT2D eigenvalue weighted by molar-refractivity contribution is 5.00. The highest BCUT2D eigenvalue weighted by Gasteiger charge is 2.30. The Labute approximate surface area is 123 Å². The van der Waals surface area contributed by atoms with Crippen LogP contribution in [0.25, 0.3) is 0 Å². The van der Waals surface area contributed by atoms with E-state index in [1.54, 1.807) is 0 Å². The molecule has 0 bridgehead atoms. The number of aromatic nitrogens is 2. The van der Waals surface area contributed by atoms with Gasteiger partial charge in [-0.15, -0.1) is 0 Å². The van der Waals surface area contributed by atoms with E-state index in [2.05, 4.69) is 30.5 Å². The molecular formula is C17H29N3. The van der Waals surface area contributed by atoms with E-state index >= 15 is 0 Å². The normalized spacial score (nSPS) is 30.6. The Morgan fingerprint density at radius 3 is 2.80 bits per heavy atom. The molecule has 20 heavy (non-hydrogen) atoms. The van der Waals surface area contributed by atoms with Gasteiger partial charge < -0.3 is 5.32 Å². The minimum atomic E-state index is 0.854. The van der Waals surface area contributed by atoms with Crippen molar-refractivity contribution in [1.82, 2.24) is 15.1 Å². The van der Waals surface area contributed by atoms with E-state index < -0.39 is 0 Å². The lowest BCUT2D eigenvalue weighted by molar-refractivity contribution is 0.174. The zero-order valence-corrected chi connectivity index (χ0v) is 13.0. The SMILES string of the molecule is CC1CCC(CNC2CC2)C(CCc2ccnn2C)C1. The van der Waals surface area contributed by atoms with Gasteiger partial charge in [-0.1, -0.05) is 13.3 Å². The van der Waals surface area contributed by atoms with Crippen LogP contribution in [0.2, 0.25) is 0 Å². The van der Waals surface area contributed by atoms with Gasteiger partial charge in [0.05, 0.1) is 0 Å². The molecule has 2 aliphatic carbocycles. The molecule has 0 amide bonds. The Hall–Kier alpha value is -0.830. The number of hydrogen-bond donors (Lipinski definition) is 1. The lowest BCUT2D eigenvalue weighted by Crippen LogP contribution is -2.34. The molecule has 112 valence electrons. The molecule has 3 nitrogen and oxygen atoms in total. The fourth-order valence-electron chi connectivity index (χ4n) is 3.77. The van der Waals surface area contributed by atoms with Crippen molar-refractivity contribution in [2.45, 2.75) is 57.9 Å². The predicted molar refractivity (Wildman–Crippen MR) is 82.5 cm³/mol. The number of nitrogens with one attached hydrogen (secondary N) is 1. The van der Waals surface area contributed by atoms with E-state index in [1.807, 2.05) is 10.9 Å². The lowest BCUT2D eigenvalue weighted by Gasteiger charge is -2.35. The van der Waals surface area contributed by atoms with Gasteiger partial charge in [0.25, 0.3) is 0 Å². The van der Waals surface area contributed by atoms with Crippen LogP contribution in [0.5, 0.6) is 0 Å². The largest absolute Gasteiger partial charge is 0.314 e. The second kappa shape index (κ2) is 6.30. The van der Waals surface area contributed by atoms with Gasteiger partial charge in [-0.3, -0.25) is 4.68 Å². The maximum absolute atomic E-state index is 4.29. The highest BCUT2D eigenvalue weighted by Crippen LogP contribution is 2.36. The zero-order valence-electron chi connectivity index (χ0n) is 13.0. The van der Waals surface area contributed by atoms with Crippen LogP contribution in [0.1, 0.15) is 51.1 Å². The molecule has 1 N–H and O–H groups in total. The number of rotatable bonds is 6. The quantitative estimate of drug-likeness (QED) is 0.864. The molecule has 2 aliphatic rings. The van der Waals surface area contributed by atoms with E-state index in [-0.39, 0.29) is 0 Å². The summed E-state index contributed by atoms with van der Waals surface area (Å²) in [7, 11) is 2.06. The second-order valence-corrected chi connectivity index (χ2v) is 7.11. The van der Waals surface area contributed by atoms with E-state index in [9.17, 15) is 0 Å². The number of hydrogen-bond acceptors (Lipinski definition) is 2. The minimum absolute atomic E-state index is 0.854. The van der Waals surface area contributed by atoms with Crippen LogP contribution in [0, 0.1) is 17.8 Å². The molecule has 2 fully saturated rings. The average Bonchev–Trinajstić information content (AvgIpc) is 3.17. The van der Waals surface area contributed by atoms with Crippen LogP contribution >= 0.6 is 0 Å². The first-order chi connectivity index (χ1) is 9.72. The van der Waals surface area contributed by atoms with Crippen LogP contribution in [-0.2, 0) is 13.5 Å². The standard InChI is InChI=1S/C17H29N3/c1-13-3-4-15(12-18-16-6-7-16)14(11-13)5-8-17-9-10-19-20(17)2/h9-10,13-16,18H,3-8,11-12H2,1-2H3. The van der Waals surface area contributed by atoms with Gasteiger partial charge in [0.15, 0.2) is 0 Å². The Morgan fingerprint density at radius 1 is 1.25 bits per heavy atom. The first kappa shape index (κ1) is 14.1. The zero-order chi connectivity index (χ0) is 13.9. The molecule has 1 heterocycles. The van der Waals surface area contributed by atoms with E-state index in [1.165, 1.54) is 57.2 Å². The van der Waals surface area contributed by atoms with E-state index in [4.69, 9.17) is 0 Å². The van der Waals surface area contributed by atoms with Gasteiger partial charge in [0.1, 0.15) is 0 Å². The number of nitrogens with zero attached hydrogens (tertiary/aromatic N) is 2. The summed E-state index contributed by atoms with van der Waals surface area (Å²) in [6.07, 6.45) is 11.5. The van der Waals surface area contributed by atoms with Crippen molar-refractivity contribution < 1.29 is 0 Å². The van der Waals surface area contributed by atoms with Crippen molar-refractivity contribution in [1.29, 1.82) is 0 Å². The Balaban J connectivity index is 1.53. The van der Waals surface area contributed by atoms with Crippen molar-refractivity contribution in [2.24, 2.45) is 24.8 Å². The third-order valence-corrected chi connectivity index (χ3v) is 5.34. The van der Waals surface area contributed by atoms with E-state index in [0.29, 0.717) is 0 Å². The van der Waals surface area contributed by atoms with Crippen LogP contribution < -0.4 is 5.32 Å². The van der Waals surface area contributed by atoms with Crippen molar-refractivity contribution >= 4 is 0 Å². The molecule has 3 heteroatoms. The van der Waals surface area contributed by atoms with Crippen LogP contribution in [0.4, 0.5) is 0 Å². The molecule has 0 saturated heterocycles. The van der Waals surface area contributed by atoms with Crippen molar-refractivity contribution in [2.75, 3.05) is 6.54 Å². The first-order valence-electron chi connectivity index (χ1n) is 8.42. The number of aryl methyl sites for hydroxylation is 2. The summed E-state index contributed by atoms with van der Waals surface area (Å²) in [6, 6.07) is 3.02.